The van der Waals surface area contributed by atoms with Crippen LogP contribution in [0.25, 0.3) is 0 Å². The molecule has 1 amide bonds. The Bertz CT molecular complexity index is 738. The highest BCUT2D eigenvalue weighted by atomic mass is 16.7. The molecule has 0 N–H and O–H groups in total. The molecule has 1 atom stereocenters. The molecule has 9 heteroatoms. The van der Waals surface area contributed by atoms with Gasteiger partial charge >= 0.3 is 13.2 Å². The number of hydrogen-bond acceptors (Lipinski definition) is 6. The molecule has 29 heavy (non-hydrogen) atoms. The molecule has 0 spiro atoms. The third-order valence-corrected chi connectivity index (χ3v) is 5.25. The van der Waals surface area contributed by atoms with Crippen LogP contribution < -0.4 is 10.2 Å². The molecule has 2 rings (SSSR count). The maximum absolute atomic E-state index is 12.2. The van der Waals surface area contributed by atoms with Gasteiger partial charge in [-0.2, -0.15) is 5.10 Å². The highest BCUT2D eigenvalue weighted by Crippen LogP contribution is 2.37. The fraction of sp³-hybridized carbons (Fsp3) is 0.800. The van der Waals surface area contributed by atoms with E-state index in [1.807, 2.05) is 69.4 Å². The molecule has 8 nitrogen and oxygen atoms in total. The number of aromatic nitrogens is 2. The zero-order chi connectivity index (χ0) is 22.4. The summed E-state index contributed by atoms with van der Waals surface area (Å²) in [6.45, 7) is 17.7. The van der Waals surface area contributed by atoms with E-state index in [-0.39, 0.29) is 12.2 Å². The van der Waals surface area contributed by atoms with Crippen molar-refractivity contribution in [3.05, 3.63) is 5.69 Å². The molecule has 2 heterocycles. The first-order chi connectivity index (χ1) is 13.0. The fourth-order valence-electron chi connectivity index (χ4n) is 3.05. The molecule has 0 radical (unpaired) electrons. The molecule has 1 aromatic heterocycles. The Morgan fingerprint density at radius 1 is 1.24 bits per heavy atom. The Labute approximate surface area is 175 Å². The number of aryl methyl sites for hydroxylation is 2. The van der Waals surface area contributed by atoms with Crippen LogP contribution in [-0.4, -0.2) is 64.4 Å². The topological polar surface area (TPSA) is 75.1 Å². The summed E-state index contributed by atoms with van der Waals surface area (Å²) < 4.78 is 25.7. The Kier molecular flexibility index (Phi) is 6.36. The molecule has 0 aromatic carbocycles. The summed E-state index contributed by atoms with van der Waals surface area (Å²) in [5.74, 6) is 0.575. The van der Waals surface area contributed by atoms with Crippen LogP contribution in [0.2, 0.25) is 0 Å². The van der Waals surface area contributed by atoms with Gasteiger partial charge in [-0.05, 0) is 62.3 Å². The van der Waals surface area contributed by atoms with Crippen molar-refractivity contribution >= 4 is 18.7 Å². The second kappa shape index (κ2) is 7.83. The van der Waals surface area contributed by atoms with Crippen LogP contribution in [0.15, 0.2) is 0 Å². The zero-order valence-corrected chi connectivity index (χ0v) is 19.7. The van der Waals surface area contributed by atoms with Gasteiger partial charge in [0.25, 0.3) is 0 Å². The summed E-state index contributed by atoms with van der Waals surface area (Å²) in [7, 11) is 2.94. The molecule has 1 aromatic rings. The monoisotopic (exact) mass is 409 g/mol. The van der Waals surface area contributed by atoms with E-state index in [0.717, 1.165) is 11.2 Å². The molecule has 1 aliphatic rings. The van der Waals surface area contributed by atoms with Crippen molar-refractivity contribution in [2.45, 2.75) is 85.2 Å². The van der Waals surface area contributed by atoms with E-state index in [1.54, 1.807) is 11.7 Å². The third kappa shape index (κ3) is 5.25. The molecule has 1 saturated heterocycles. The van der Waals surface area contributed by atoms with Crippen molar-refractivity contribution < 1.29 is 23.6 Å². The van der Waals surface area contributed by atoms with Gasteiger partial charge in [0, 0.05) is 14.1 Å². The van der Waals surface area contributed by atoms with Gasteiger partial charge in [-0.1, -0.05) is 0 Å². The van der Waals surface area contributed by atoms with Crippen LogP contribution >= 0.6 is 0 Å². The van der Waals surface area contributed by atoms with Crippen molar-refractivity contribution in [1.29, 1.82) is 0 Å². The smallest absolute Gasteiger partial charge is 0.473 e. The van der Waals surface area contributed by atoms with Crippen LogP contribution in [0.3, 0.4) is 0 Å². The van der Waals surface area contributed by atoms with Gasteiger partial charge in [0.2, 0.25) is 5.88 Å². The second-order valence-corrected chi connectivity index (χ2v) is 9.81. The molecule has 0 unspecified atom stereocenters. The van der Waals surface area contributed by atoms with E-state index in [2.05, 4.69) is 5.10 Å². The van der Waals surface area contributed by atoms with E-state index in [4.69, 9.17) is 18.8 Å². The van der Waals surface area contributed by atoms with Crippen molar-refractivity contribution in [1.82, 2.24) is 14.7 Å². The predicted molar refractivity (Wildman–Crippen MR) is 113 cm³/mol. The lowest BCUT2D eigenvalue weighted by molar-refractivity contribution is 0.00578. The number of ether oxygens (including phenoxy) is 2. The average Bonchev–Trinajstić information content (AvgIpc) is 2.89. The van der Waals surface area contributed by atoms with Gasteiger partial charge in [-0.3, -0.25) is 0 Å². The normalized spacial score (nSPS) is 19.2. The fourth-order valence-corrected chi connectivity index (χ4v) is 3.05. The lowest BCUT2D eigenvalue weighted by Crippen LogP contribution is -2.41. The van der Waals surface area contributed by atoms with E-state index in [9.17, 15) is 4.79 Å². The number of rotatable bonds is 5. The quantitative estimate of drug-likeness (QED) is 0.697. The van der Waals surface area contributed by atoms with Gasteiger partial charge in [0.05, 0.1) is 28.9 Å². The third-order valence-electron chi connectivity index (χ3n) is 5.25. The molecule has 1 aliphatic heterocycles. The number of hydrogen-bond donors (Lipinski definition) is 0. The van der Waals surface area contributed by atoms with Gasteiger partial charge in [0.15, 0.2) is 0 Å². The first-order valence-corrected chi connectivity index (χ1v) is 10.0. The minimum atomic E-state index is -0.570. The van der Waals surface area contributed by atoms with Crippen LogP contribution in [0, 0.1) is 6.92 Å². The molecule has 1 fully saturated rings. The number of nitrogens with zero attached hydrogens (tertiary/aromatic N) is 3. The first-order valence-electron chi connectivity index (χ1n) is 10.0. The summed E-state index contributed by atoms with van der Waals surface area (Å²) in [4.78, 5) is 13.7. The Hall–Kier alpha value is -1.74. The summed E-state index contributed by atoms with van der Waals surface area (Å²) in [6, 6.07) is 0. The standard InChI is InChI=1S/C20H36BN3O5/c1-13(12-23(10)17(25)27-18(3,4)5)26-16-15(14(2)22-24(16)11)21-28-19(6,7)20(8,9)29-21/h13H,12H2,1-11H3/t13-/m0/s1. The lowest BCUT2D eigenvalue weighted by atomic mass is 9.79. The molecule has 0 saturated carbocycles. The lowest BCUT2D eigenvalue weighted by Gasteiger charge is -2.32. The molecule has 0 aliphatic carbocycles. The number of amides is 1. The minimum Gasteiger partial charge on any atom is -0.473 e. The Morgan fingerprint density at radius 2 is 1.76 bits per heavy atom. The average molecular weight is 409 g/mol. The number of carbonyl (C=O) groups is 1. The van der Waals surface area contributed by atoms with Crippen LogP contribution in [0.5, 0.6) is 5.88 Å². The maximum atomic E-state index is 12.2. The van der Waals surface area contributed by atoms with Gasteiger partial charge in [-0.25, -0.2) is 9.48 Å². The van der Waals surface area contributed by atoms with E-state index < -0.39 is 23.9 Å². The number of likely N-dealkylation sites (N-methyl/N-ethyl adjacent to an activating group) is 1. The minimum absolute atomic E-state index is 0.288. The van der Waals surface area contributed by atoms with Crippen LogP contribution in [0.4, 0.5) is 4.79 Å². The van der Waals surface area contributed by atoms with E-state index >= 15 is 0 Å². The van der Waals surface area contributed by atoms with Gasteiger partial charge in [-0.15, -0.1) is 0 Å². The predicted octanol–water partition coefficient (Wildman–Crippen LogP) is 2.66. The molecular formula is C20H36BN3O5. The maximum Gasteiger partial charge on any atom is 0.502 e. The molecular weight excluding hydrogens is 373 g/mol. The Balaban J connectivity index is 2.15. The van der Waals surface area contributed by atoms with E-state index in [0.29, 0.717) is 12.4 Å². The zero-order valence-electron chi connectivity index (χ0n) is 19.7. The van der Waals surface area contributed by atoms with Crippen LogP contribution in [0.1, 0.15) is 61.1 Å². The highest BCUT2D eigenvalue weighted by Gasteiger charge is 2.53. The second-order valence-electron chi connectivity index (χ2n) is 9.81. The van der Waals surface area contributed by atoms with Gasteiger partial charge in [0.1, 0.15) is 11.7 Å². The summed E-state index contributed by atoms with van der Waals surface area (Å²) in [6.07, 6.45) is -0.677. The van der Waals surface area contributed by atoms with Crippen LogP contribution in [-0.2, 0) is 21.1 Å². The van der Waals surface area contributed by atoms with Crippen molar-refractivity contribution in [3.8, 4) is 5.88 Å². The Morgan fingerprint density at radius 3 is 2.24 bits per heavy atom. The summed E-state index contributed by atoms with van der Waals surface area (Å²) in [5.41, 5.74) is 0.101. The van der Waals surface area contributed by atoms with E-state index in [1.165, 1.54) is 4.90 Å². The first kappa shape index (κ1) is 23.5. The SMILES string of the molecule is Cc1nn(C)c(O[C@@H](C)CN(C)C(=O)OC(C)(C)C)c1B1OC(C)(C)C(C)(C)O1. The van der Waals surface area contributed by atoms with Crippen molar-refractivity contribution in [2.75, 3.05) is 13.6 Å². The summed E-state index contributed by atoms with van der Waals surface area (Å²) >= 11 is 0. The largest absolute Gasteiger partial charge is 0.502 e. The van der Waals surface area contributed by atoms with Gasteiger partial charge < -0.3 is 23.7 Å². The molecule has 0 bridgehead atoms. The highest BCUT2D eigenvalue weighted by molar-refractivity contribution is 6.63. The van der Waals surface area contributed by atoms with Crippen molar-refractivity contribution in [2.24, 2.45) is 7.05 Å². The van der Waals surface area contributed by atoms with Crippen molar-refractivity contribution in [3.63, 3.8) is 0 Å². The molecule has 164 valence electrons. The summed E-state index contributed by atoms with van der Waals surface area (Å²) in [5, 5.41) is 4.49. The number of carbonyl (C=O) groups excluding carboxylic acids is 1.